The minimum atomic E-state index is -0.557. The summed E-state index contributed by atoms with van der Waals surface area (Å²) in [5.74, 6) is 0. The Bertz CT molecular complexity index is 726. The molecular weight excluding hydrogens is 372 g/mol. The third-order valence-electron chi connectivity index (χ3n) is 3.03. The highest BCUT2D eigenvalue weighted by Crippen LogP contribution is 2.24. The number of pyridine rings is 1. The number of carbonyl (C=O) groups is 1. The van der Waals surface area contributed by atoms with Gasteiger partial charge in [0.05, 0.1) is 23.1 Å². The molecule has 24 heavy (non-hydrogen) atoms. The highest BCUT2D eigenvalue weighted by atomic mass is 79.9. The Labute approximate surface area is 150 Å². The minimum absolute atomic E-state index is 0.367. The molecule has 0 radical (unpaired) electrons. The van der Waals surface area contributed by atoms with Crippen LogP contribution in [0.1, 0.15) is 45.1 Å². The van der Waals surface area contributed by atoms with Crippen molar-refractivity contribution in [3.05, 3.63) is 40.4 Å². The predicted octanol–water partition coefficient (Wildman–Crippen LogP) is 4.20. The van der Waals surface area contributed by atoms with E-state index in [-0.39, 0.29) is 6.04 Å². The molecule has 1 atom stereocenters. The van der Waals surface area contributed by atoms with Crippen LogP contribution in [0.15, 0.2) is 29.0 Å². The maximum absolute atomic E-state index is 12.0. The molecule has 6 nitrogen and oxygen atoms in total. The Morgan fingerprint density at radius 3 is 2.54 bits per heavy atom. The van der Waals surface area contributed by atoms with Gasteiger partial charge in [0.15, 0.2) is 0 Å². The largest absolute Gasteiger partial charge is 0.444 e. The summed E-state index contributed by atoms with van der Waals surface area (Å²) in [6.07, 6.45) is 2.88. The molecule has 0 spiro atoms. The first-order valence-electron chi connectivity index (χ1n) is 7.60. The third kappa shape index (κ3) is 4.99. The number of rotatable bonds is 3. The van der Waals surface area contributed by atoms with Crippen molar-refractivity contribution in [3.8, 4) is 11.4 Å². The van der Waals surface area contributed by atoms with Gasteiger partial charge in [0, 0.05) is 16.9 Å². The molecule has 0 saturated heterocycles. The number of nitrogens with zero attached hydrogens (tertiary/aromatic N) is 3. The van der Waals surface area contributed by atoms with Crippen molar-refractivity contribution in [3.63, 3.8) is 0 Å². The molecule has 1 N–H and O–H groups in total. The van der Waals surface area contributed by atoms with Crippen LogP contribution < -0.4 is 5.32 Å². The van der Waals surface area contributed by atoms with E-state index in [1.165, 1.54) is 0 Å². The van der Waals surface area contributed by atoms with Crippen molar-refractivity contribution < 1.29 is 9.53 Å². The molecule has 0 fully saturated rings. The summed E-state index contributed by atoms with van der Waals surface area (Å²) in [5, 5.41) is 2.79. The van der Waals surface area contributed by atoms with Gasteiger partial charge in [-0.15, -0.1) is 0 Å². The van der Waals surface area contributed by atoms with Crippen LogP contribution in [0.5, 0.6) is 0 Å². The maximum Gasteiger partial charge on any atom is 0.408 e. The molecule has 0 bridgehead atoms. The van der Waals surface area contributed by atoms with Crippen molar-refractivity contribution in [1.29, 1.82) is 0 Å². The fourth-order valence-electron chi connectivity index (χ4n) is 2.06. The van der Waals surface area contributed by atoms with E-state index in [0.717, 1.165) is 10.2 Å². The molecule has 7 heteroatoms. The number of alkyl carbamates (subject to hydrolysis) is 1. The van der Waals surface area contributed by atoms with Crippen molar-refractivity contribution >= 4 is 22.0 Å². The van der Waals surface area contributed by atoms with Gasteiger partial charge in [0.25, 0.3) is 0 Å². The van der Waals surface area contributed by atoms with Gasteiger partial charge in [-0.2, -0.15) is 0 Å². The molecule has 1 unspecified atom stereocenters. The molecule has 2 heterocycles. The van der Waals surface area contributed by atoms with Crippen LogP contribution in [-0.2, 0) is 4.74 Å². The second-order valence-corrected chi connectivity index (χ2v) is 7.39. The number of aromatic nitrogens is 3. The van der Waals surface area contributed by atoms with Gasteiger partial charge in [-0.1, -0.05) is 0 Å². The zero-order valence-corrected chi connectivity index (χ0v) is 16.0. The molecule has 0 aliphatic carbocycles. The average molecular weight is 393 g/mol. The van der Waals surface area contributed by atoms with Crippen LogP contribution in [0.3, 0.4) is 0 Å². The molecule has 0 aromatic carbocycles. The number of carbonyl (C=O) groups excluding carboxylic acids is 1. The SMILES string of the molecule is Cc1cnc(C(C)NC(=O)OC(C)(C)C)c(-c2ccc(Br)cn2)n1. The molecule has 128 valence electrons. The van der Waals surface area contributed by atoms with Crippen molar-refractivity contribution in [2.45, 2.75) is 46.3 Å². The van der Waals surface area contributed by atoms with Crippen LogP contribution in [0.4, 0.5) is 4.79 Å². The van der Waals surface area contributed by atoms with E-state index >= 15 is 0 Å². The van der Waals surface area contributed by atoms with E-state index in [4.69, 9.17) is 4.74 Å². The Kier molecular flexibility index (Phi) is 5.54. The lowest BCUT2D eigenvalue weighted by Gasteiger charge is -2.22. The number of hydrogen-bond acceptors (Lipinski definition) is 5. The average Bonchev–Trinajstić information content (AvgIpc) is 2.45. The van der Waals surface area contributed by atoms with E-state index in [1.807, 2.05) is 46.8 Å². The normalized spacial score (nSPS) is 12.6. The fourth-order valence-corrected chi connectivity index (χ4v) is 2.30. The molecule has 1 amide bonds. The van der Waals surface area contributed by atoms with E-state index in [2.05, 4.69) is 36.2 Å². The highest BCUT2D eigenvalue weighted by molar-refractivity contribution is 9.10. The first kappa shape index (κ1) is 18.3. The van der Waals surface area contributed by atoms with E-state index < -0.39 is 11.7 Å². The van der Waals surface area contributed by atoms with E-state index in [9.17, 15) is 4.79 Å². The molecule has 0 aliphatic heterocycles. The maximum atomic E-state index is 12.0. The Hall–Kier alpha value is -2.02. The van der Waals surface area contributed by atoms with Gasteiger partial charge in [0.1, 0.15) is 11.3 Å². The smallest absolute Gasteiger partial charge is 0.408 e. The summed E-state index contributed by atoms with van der Waals surface area (Å²) in [6, 6.07) is 3.38. The van der Waals surface area contributed by atoms with Crippen LogP contribution in [0.25, 0.3) is 11.4 Å². The van der Waals surface area contributed by atoms with Crippen molar-refractivity contribution in [2.24, 2.45) is 0 Å². The van der Waals surface area contributed by atoms with Gasteiger partial charge < -0.3 is 10.1 Å². The standard InChI is InChI=1S/C17H21BrN4O2/c1-10-8-20-14(11(2)22-16(23)24-17(3,4)5)15(21-10)13-7-6-12(18)9-19-13/h6-9,11H,1-5H3,(H,22,23). The van der Waals surface area contributed by atoms with E-state index in [0.29, 0.717) is 17.1 Å². The number of nitrogens with one attached hydrogen (secondary N) is 1. The molecular formula is C17H21BrN4O2. The number of ether oxygens (including phenoxy) is 1. The second kappa shape index (κ2) is 7.25. The van der Waals surface area contributed by atoms with Gasteiger partial charge in [0.2, 0.25) is 0 Å². The Balaban J connectivity index is 2.29. The lowest BCUT2D eigenvalue weighted by molar-refractivity contribution is 0.0507. The number of hydrogen-bond donors (Lipinski definition) is 1. The summed E-state index contributed by atoms with van der Waals surface area (Å²) in [4.78, 5) is 25.4. The molecule has 0 aliphatic rings. The monoisotopic (exact) mass is 392 g/mol. The summed E-state index contributed by atoms with van der Waals surface area (Å²) < 4.78 is 6.18. The molecule has 0 saturated carbocycles. The predicted molar refractivity (Wildman–Crippen MR) is 95.5 cm³/mol. The lowest BCUT2D eigenvalue weighted by Crippen LogP contribution is -2.34. The number of halogens is 1. The van der Waals surface area contributed by atoms with Gasteiger partial charge >= 0.3 is 6.09 Å². The second-order valence-electron chi connectivity index (χ2n) is 6.47. The highest BCUT2D eigenvalue weighted by Gasteiger charge is 2.22. The Morgan fingerprint density at radius 1 is 1.25 bits per heavy atom. The lowest BCUT2D eigenvalue weighted by atomic mass is 10.1. The van der Waals surface area contributed by atoms with Crippen LogP contribution in [0, 0.1) is 6.92 Å². The van der Waals surface area contributed by atoms with Crippen molar-refractivity contribution in [1.82, 2.24) is 20.3 Å². The van der Waals surface area contributed by atoms with Crippen LogP contribution in [-0.4, -0.2) is 26.6 Å². The van der Waals surface area contributed by atoms with Crippen molar-refractivity contribution in [2.75, 3.05) is 0 Å². The van der Waals surface area contributed by atoms with Gasteiger partial charge in [-0.05, 0) is 62.7 Å². The fraction of sp³-hybridized carbons (Fsp3) is 0.412. The summed E-state index contributed by atoms with van der Waals surface area (Å²) in [6.45, 7) is 9.16. The number of aryl methyl sites for hydroxylation is 1. The third-order valence-corrected chi connectivity index (χ3v) is 3.50. The summed E-state index contributed by atoms with van der Waals surface area (Å²) in [7, 11) is 0. The summed E-state index contributed by atoms with van der Waals surface area (Å²) in [5.41, 5.74) is 2.20. The van der Waals surface area contributed by atoms with Crippen LogP contribution >= 0.6 is 15.9 Å². The molecule has 2 aromatic heterocycles. The van der Waals surface area contributed by atoms with Gasteiger partial charge in [-0.3, -0.25) is 9.97 Å². The zero-order valence-electron chi connectivity index (χ0n) is 14.4. The first-order valence-corrected chi connectivity index (χ1v) is 8.40. The Morgan fingerprint density at radius 2 is 1.96 bits per heavy atom. The molecule has 2 rings (SSSR count). The topological polar surface area (TPSA) is 77.0 Å². The van der Waals surface area contributed by atoms with E-state index in [1.54, 1.807) is 12.4 Å². The summed E-state index contributed by atoms with van der Waals surface area (Å²) >= 11 is 3.37. The molecule has 2 aromatic rings. The van der Waals surface area contributed by atoms with Crippen LogP contribution in [0.2, 0.25) is 0 Å². The zero-order chi connectivity index (χ0) is 17.9. The quantitative estimate of drug-likeness (QED) is 0.846. The first-order chi connectivity index (χ1) is 11.2. The number of amides is 1. The van der Waals surface area contributed by atoms with Gasteiger partial charge in [-0.25, -0.2) is 9.78 Å². The minimum Gasteiger partial charge on any atom is -0.444 e.